The number of methoxy groups -OCH3 is 1. The molecule has 1 aromatic carbocycles. The minimum absolute atomic E-state index is 0.171. The Kier molecular flexibility index (Phi) is 9.28. The summed E-state index contributed by atoms with van der Waals surface area (Å²) in [6, 6.07) is 6.34. The highest BCUT2D eigenvalue weighted by Crippen LogP contribution is 2.06. The molecule has 0 saturated carbocycles. The largest absolute Gasteiger partial charge is 0.467 e. The van der Waals surface area contributed by atoms with Crippen molar-refractivity contribution < 1.29 is 33.4 Å². The van der Waals surface area contributed by atoms with Crippen LogP contribution in [0.15, 0.2) is 24.3 Å². The predicted octanol–water partition coefficient (Wildman–Crippen LogP) is 0.329. The SMILES string of the molecule is C#CCOC(=O)CCC(=O)N[C@@H](COC(=O)c1ccc(C#N)cc1)C(=O)OC. The van der Waals surface area contributed by atoms with E-state index in [2.05, 4.69) is 20.7 Å². The van der Waals surface area contributed by atoms with E-state index in [1.807, 2.05) is 6.07 Å². The Labute approximate surface area is 161 Å². The molecular formula is C19H18N2O7. The quantitative estimate of drug-likeness (QED) is 0.365. The molecule has 9 heteroatoms. The minimum Gasteiger partial charge on any atom is -0.467 e. The molecule has 0 heterocycles. The Balaban J connectivity index is 2.58. The van der Waals surface area contributed by atoms with E-state index in [1.165, 1.54) is 24.3 Å². The van der Waals surface area contributed by atoms with Crippen molar-refractivity contribution >= 4 is 23.8 Å². The maximum Gasteiger partial charge on any atom is 0.338 e. The molecule has 28 heavy (non-hydrogen) atoms. The molecule has 0 aromatic heterocycles. The molecule has 0 aliphatic carbocycles. The molecule has 1 N–H and O–H groups in total. The fourth-order valence-corrected chi connectivity index (χ4v) is 1.91. The second-order valence-corrected chi connectivity index (χ2v) is 5.30. The van der Waals surface area contributed by atoms with Gasteiger partial charge in [-0.3, -0.25) is 9.59 Å². The van der Waals surface area contributed by atoms with Crippen LogP contribution in [0.5, 0.6) is 0 Å². The van der Waals surface area contributed by atoms with Gasteiger partial charge >= 0.3 is 17.9 Å². The molecule has 0 saturated heterocycles. The second kappa shape index (κ2) is 11.7. The Morgan fingerprint density at radius 1 is 1.14 bits per heavy atom. The van der Waals surface area contributed by atoms with Crippen LogP contribution >= 0.6 is 0 Å². The number of hydrogen-bond acceptors (Lipinski definition) is 8. The van der Waals surface area contributed by atoms with Crippen molar-refractivity contribution in [3.8, 4) is 18.4 Å². The summed E-state index contributed by atoms with van der Waals surface area (Å²) in [6.07, 6.45) is 4.47. The molecule has 1 aromatic rings. The number of terminal acetylenes is 1. The lowest BCUT2D eigenvalue weighted by Crippen LogP contribution is -2.45. The summed E-state index contributed by atoms with van der Waals surface area (Å²) in [5.74, 6) is -0.743. The number of nitriles is 1. The molecule has 0 aliphatic rings. The number of carbonyl (C=O) groups excluding carboxylic acids is 4. The van der Waals surface area contributed by atoms with Crippen molar-refractivity contribution in [1.82, 2.24) is 5.32 Å². The van der Waals surface area contributed by atoms with Crippen LogP contribution in [0.4, 0.5) is 0 Å². The zero-order valence-electron chi connectivity index (χ0n) is 15.1. The molecule has 1 amide bonds. The first-order valence-corrected chi connectivity index (χ1v) is 8.04. The molecule has 1 atom stereocenters. The van der Waals surface area contributed by atoms with Crippen LogP contribution in [0.1, 0.15) is 28.8 Å². The number of nitrogens with zero attached hydrogens (tertiary/aromatic N) is 1. The molecule has 0 aliphatic heterocycles. The zero-order chi connectivity index (χ0) is 20.9. The van der Waals surface area contributed by atoms with E-state index in [-0.39, 0.29) is 25.0 Å². The van der Waals surface area contributed by atoms with Crippen molar-refractivity contribution in [3.63, 3.8) is 0 Å². The van der Waals surface area contributed by atoms with Crippen molar-refractivity contribution in [2.75, 3.05) is 20.3 Å². The fraction of sp³-hybridized carbons (Fsp3) is 0.316. The highest BCUT2D eigenvalue weighted by molar-refractivity contribution is 5.90. The average Bonchev–Trinajstić information content (AvgIpc) is 2.72. The zero-order valence-corrected chi connectivity index (χ0v) is 15.1. The Morgan fingerprint density at radius 2 is 1.82 bits per heavy atom. The number of benzene rings is 1. The molecular weight excluding hydrogens is 368 g/mol. The third-order valence-corrected chi connectivity index (χ3v) is 3.32. The van der Waals surface area contributed by atoms with Gasteiger partial charge in [-0.05, 0) is 24.3 Å². The van der Waals surface area contributed by atoms with E-state index in [0.29, 0.717) is 5.56 Å². The lowest BCUT2D eigenvalue weighted by Gasteiger charge is -2.16. The molecule has 1 rings (SSSR count). The summed E-state index contributed by atoms with van der Waals surface area (Å²) < 4.78 is 14.2. The molecule has 0 spiro atoms. The minimum atomic E-state index is -1.25. The van der Waals surface area contributed by atoms with Crippen LogP contribution in [-0.2, 0) is 28.6 Å². The molecule has 0 unspecified atom stereocenters. The van der Waals surface area contributed by atoms with Gasteiger partial charge in [0.25, 0.3) is 0 Å². The Bertz CT molecular complexity index is 803. The maximum atomic E-state index is 12.0. The van der Waals surface area contributed by atoms with Gasteiger partial charge in [-0.1, -0.05) is 5.92 Å². The molecule has 0 bridgehead atoms. The van der Waals surface area contributed by atoms with E-state index in [1.54, 1.807) is 0 Å². The van der Waals surface area contributed by atoms with Crippen LogP contribution in [0.25, 0.3) is 0 Å². The average molecular weight is 386 g/mol. The van der Waals surface area contributed by atoms with Gasteiger partial charge in [0.15, 0.2) is 12.6 Å². The highest BCUT2D eigenvalue weighted by atomic mass is 16.5. The standard InChI is InChI=1S/C19H18N2O7/c1-3-10-27-17(23)9-8-16(22)21-15(19(25)26-2)12-28-18(24)14-6-4-13(11-20)5-7-14/h1,4-7,15H,8-10,12H2,2H3,(H,21,22)/t15-/m0/s1. The summed E-state index contributed by atoms with van der Waals surface area (Å²) in [4.78, 5) is 47.0. The van der Waals surface area contributed by atoms with Crippen molar-refractivity contribution in [1.29, 1.82) is 5.26 Å². The van der Waals surface area contributed by atoms with Crippen molar-refractivity contribution in [3.05, 3.63) is 35.4 Å². The summed E-state index contributed by atoms with van der Waals surface area (Å²) in [5.41, 5.74) is 0.544. The van der Waals surface area contributed by atoms with E-state index >= 15 is 0 Å². The summed E-state index contributed by atoms with van der Waals surface area (Å²) in [5, 5.41) is 11.1. The first-order valence-electron chi connectivity index (χ1n) is 8.04. The monoisotopic (exact) mass is 386 g/mol. The maximum absolute atomic E-state index is 12.0. The van der Waals surface area contributed by atoms with Gasteiger partial charge in [0, 0.05) is 6.42 Å². The summed E-state index contributed by atoms with van der Waals surface area (Å²) in [6.45, 7) is -0.671. The Hall–Kier alpha value is -3.85. The van der Waals surface area contributed by atoms with Gasteiger partial charge in [-0.2, -0.15) is 5.26 Å². The van der Waals surface area contributed by atoms with E-state index in [9.17, 15) is 19.2 Å². The van der Waals surface area contributed by atoms with Crippen molar-refractivity contribution in [2.24, 2.45) is 0 Å². The normalized spacial score (nSPS) is 10.5. The molecule has 0 fully saturated rings. The van der Waals surface area contributed by atoms with Crippen molar-refractivity contribution in [2.45, 2.75) is 18.9 Å². The topological polar surface area (TPSA) is 132 Å². The smallest absolute Gasteiger partial charge is 0.338 e. The van der Waals surface area contributed by atoms with Crippen LogP contribution in [0, 0.1) is 23.7 Å². The molecule has 146 valence electrons. The lowest BCUT2D eigenvalue weighted by atomic mass is 10.1. The third-order valence-electron chi connectivity index (χ3n) is 3.32. The van der Waals surface area contributed by atoms with Crippen LogP contribution in [-0.4, -0.2) is 50.2 Å². The van der Waals surface area contributed by atoms with Crippen LogP contribution in [0.3, 0.4) is 0 Å². The number of esters is 3. The van der Waals surface area contributed by atoms with Crippen LogP contribution < -0.4 is 5.32 Å². The van der Waals surface area contributed by atoms with Gasteiger partial charge in [0.05, 0.1) is 30.7 Å². The fourth-order valence-electron chi connectivity index (χ4n) is 1.91. The van der Waals surface area contributed by atoms with E-state index < -0.39 is 36.5 Å². The highest BCUT2D eigenvalue weighted by Gasteiger charge is 2.24. The molecule has 9 nitrogen and oxygen atoms in total. The number of nitrogens with one attached hydrogen (secondary N) is 1. The van der Waals surface area contributed by atoms with Crippen LogP contribution in [0.2, 0.25) is 0 Å². The van der Waals surface area contributed by atoms with E-state index in [0.717, 1.165) is 7.11 Å². The number of ether oxygens (including phenoxy) is 3. The first-order chi connectivity index (χ1) is 13.4. The van der Waals surface area contributed by atoms with Gasteiger partial charge in [0.1, 0.15) is 6.61 Å². The number of hydrogen-bond donors (Lipinski definition) is 1. The first kappa shape index (κ1) is 22.2. The van der Waals surface area contributed by atoms with Gasteiger partial charge < -0.3 is 19.5 Å². The summed E-state index contributed by atoms with van der Waals surface area (Å²) >= 11 is 0. The summed E-state index contributed by atoms with van der Waals surface area (Å²) in [7, 11) is 1.11. The second-order valence-electron chi connectivity index (χ2n) is 5.30. The van der Waals surface area contributed by atoms with Gasteiger partial charge in [-0.15, -0.1) is 6.42 Å². The lowest BCUT2D eigenvalue weighted by molar-refractivity contribution is -0.146. The predicted molar refractivity (Wildman–Crippen MR) is 94.4 cm³/mol. The van der Waals surface area contributed by atoms with E-state index in [4.69, 9.17) is 16.4 Å². The third kappa shape index (κ3) is 7.58. The van der Waals surface area contributed by atoms with Gasteiger partial charge in [0.2, 0.25) is 5.91 Å². The van der Waals surface area contributed by atoms with Gasteiger partial charge in [-0.25, -0.2) is 9.59 Å². The number of rotatable bonds is 9. The molecule has 0 radical (unpaired) electrons. The Morgan fingerprint density at radius 3 is 2.39 bits per heavy atom. The number of amides is 1. The number of carbonyl (C=O) groups is 4.